The van der Waals surface area contributed by atoms with Gasteiger partial charge in [0.05, 0.1) is 10.7 Å². The molecule has 0 aromatic heterocycles. The molecule has 2 atom stereocenters. The zero-order valence-corrected chi connectivity index (χ0v) is 9.37. The van der Waals surface area contributed by atoms with Gasteiger partial charge in [0.1, 0.15) is 0 Å². The number of halogens is 1. The molecule has 0 amide bonds. The Balaban J connectivity index is 2.00. The molecule has 2 nitrogen and oxygen atoms in total. The van der Waals surface area contributed by atoms with Crippen LogP contribution in [0.5, 0.6) is 0 Å². The third-order valence-electron chi connectivity index (χ3n) is 3.57. The van der Waals surface area contributed by atoms with Crippen molar-refractivity contribution in [2.24, 2.45) is 5.73 Å². The van der Waals surface area contributed by atoms with E-state index < -0.39 is 0 Å². The summed E-state index contributed by atoms with van der Waals surface area (Å²) < 4.78 is 0. The molecule has 2 aliphatic rings. The minimum atomic E-state index is 0.374. The van der Waals surface area contributed by atoms with Crippen molar-refractivity contribution in [1.29, 1.82) is 0 Å². The molecule has 1 saturated heterocycles. The lowest BCUT2D eigenvalue weighted by atomic mass is 9.97. The zero-order valence-electron chi connectivity index (χ0n) is 8.62. The highest BCUT2D eigenvalue weighted by molar-refractivity contribution is 6.33. The van der Waals surface area contributed by atoms with Crippen LogP contribution in [0, 0.1) is 0 Å². The van der Waals surface area contributed by atoms with Gasteiger partial charge in [-0.1, -0.05) is 23.7 Å². The molecule has 0 bridgehead atoms. The van der Waals surface area contributed by atoms with Gasteiger partial charge in [0.15, 0.2) is 0 Å². The molecule has 0 spiro atoms. The van der Waals surface area contributed by atoms with E-state index in [9.17, 15) is 0 Å². The summed E-state index contributed by atoms with van der Waals surface area (Å²) in [6.07, 6.45) is 3.30. The van der Waals surface area contributed by atoms with E-state index >= 15 is 0 Å². The van der Waals surface area contributed by atoms with Crippen LogP contribution in [0.1, 0.15) is 18.4 Å². The predicted octanol–water partition coefficient (Wildman–Crippen LogP) is 2.19. The number of benzene rings is 1. The molecule has 2 aliphatic heterocycles. The van der Waals surface area contributed by atoms with Crippen molar-refractivity contribution in [3.8, 4) is 0 Å². The van der Waals surface area contributed by atoms with Crippen LogP contribution in [0.25, 0.3) is 0 Å². The van der Waals surface area contributed by atoms with E-state index in [1.807, 2.05) is 12.1 Å². The van der Waals surface area contributed by atoms with Crippen molar-refractivity contribution in [2.75, 3.05) is 11.4 Å². The molecule has 1 aromatic carbocycles. The Kier molecular flexibility index (Phi) is 2.15. The molecule has 1 aromatic rings. The Bertz CT molecular complexity index is 391. The summed E-state index contributed by atoms with van der Waals surface area (Å²) in [5.41, 5.74) is 8.65. The maximum atomic E-state index is 6.25. The fraction of sp³-hybridized carbons (Fsp3) is 0.500. The van der Waals surface area contributed by atoms with E-state index in [-0.39, 0.29) is 0 Å². The van der Waals surface area contributed by atoms with E-state index in [1.165, 1.54) is 11.3 Å². The molecular formula is C12H15ClN2. The first-order valence-electron chi connectivity index (χ1n) is 5.55. The van der Waals surface area contributed by atoms with Crippen LogP contribution < -0.4 is 10.6 Å². The van der Waals surface area contributed by atoms with E-state index in [2.05, 4.69) is 11.0 Å². The molecule has 0 saturated carbocycles. The molecule has 2 heterocycles. The SMILES string of the molecule is NC1CCN2c3c(Cl)cccc3CC2C1. The number of anilines is 1. The average molecular weight is 223 g/mol. The molecule has 3 heteroatoms. The second kappa shape index (κ2) is 3.39. The normalized spacial score (nSPS) is 28.8. The highest BCUT2D eigenvalue weighted by Gasteiger charge is 2.34. The van der Waals surface area contributed by atoms with E-state index in [4.69, 9.17) is 17.3 Å². The third kappa shape index (κ3) is 1.44. The summed E-state index contributed by atoms with van der Waals surface area (Å²) in [6.45, 7) is 1.06. The van der Waals surface area contributed by atoms with Gasteiger partial charge in [-0.05, 0) is 30.9 Å². The third-order valence-corrected chi connectivity index (χ3v) is 3.87. The first-order valence-corrected chi connectivity index (χ1v) is 5.93. The molecule has 0 radical (unpaired) electrons. The number of nitrogens with two attached hydrogens (primary N) is 1. The number of para-hydroxylation sites is 1. The second-order valence-corrected chi connectivity index (χ2v) is 4.99. The Morgan fingerprint density at radius 2 is 2.27 bits per heavy atom. The molecule has 3 rings (SSSR count). The highest BCUT2D eigenvalue weighted by atomic mass is 35.5. The van der Waals surface area contributed by atoms with Crippen LogP contribution in [-0.4, -0.2) is 18.6 Å². The number of rotatable bonds is 0. The fourth-order valence-electron chi connectivity index (χ4n) is 2.87. The maximum absolute atomic E-state index is 6.25. The van der Waals surface area contributed by atoms with E-state index in [1.54, 1.807) is 0 Å². The minimum absolute atomic E-state index is 0.374. The van der Waals surface area contributed by atoms with Crippen LogP contribution in [0.15, 0.2) is 18.2 Å². The lowest BCUT2D eigenvalue weighted by Gasteiger charge is -2.35. The van der Waals surface area contributed by atoms with Gasteiger partial charge in [-0.25, -0.2) is 0 Å². The summed E-state index contributed by atoms with van der Waals surface area (Å²) in [7, 11) is 0. The molecule has 80 valence electrons. The number of hydrogen-bond acceptors (Lipinski definition) is 2. The lowest BCUT2D eigenvalue weighted by molar-refractivity contribution is 0.425. The smallest absolute Gasteiger partial charge is 0.0642 e. The summed E-state index contributed by atoms with van der Waals surface area (Å²) >= 11 is 6.25. The van der Waals surface area contributed by atoms with Gasteiger partial charge >= 0.3 is 0 Å². The number of piperidine rings is 1. The standard InChI is InChI=1S/C12H15ClN2/c13-11-3-1-2-8-6-10-7-9(14)4-5-15(10)12(8)11/h1-3,9-10H,4-7,14H2. The van der Waals surface area contributed by atoms with E-state index in [0.29, 0.717) is 12.1 Å². The van der Waals surface area contributed by atoms with Crippen LogP contribution in [0.4, 0.5) is 5.69 Å². The predicted molar refractivity (Wildman–Crippen MR) is 63.5 cm³/mol. The molecule has 1 fully saturated rings. The van der Waals surface area contributed by atoms with Crippen molar-refractivity contribution >= 4 is 17.3 Å². The topological polar surface area (TPSA) is 29.3 Å². The van der Waals surface area contributed by atoms with E-state index in [0.717, 1.165) is 30.8 Å². The van der Waals surface area contributed by atoms with Crippen molar-refractivity contribution in [3.63, 3.8) is 0 Å². The molecular weight excluding hydrogens is 208 g/mol. The van der Waals surface area contributed by atoms with Gasteiger partial charge in [0.2, 0.25) is 0 Å². The Morgan fingerprint density at radius 1 is 1.40 bits per heavy atom. The average Bonchev–Trinajstić information content (AvgIpc) is 2.56. The van der Waals surface area contributed by atoms with Gasteiger partial charge in [-0.2, -0.15) is 0 Å². The molecule has 2 N–H and O–H groups in total. The van der Waals surface area contributed by atoms with Crippen LogP contribution in [0.3, 0.4) is 0 Å². The van der Waals surface area contributed by atoms with Crippen molar-refractivity contribution in [1.82, 2.24) is 0 Å². The summed E-state index contributed by atoms with van der Waals surface area (Å²) in [5.74, 6) is 0. The van der Waals surface area contributed by atoms with Gasteiger partial charge in [0, 0.05) is 18.6 Å². The maximum Gasteiger partial charge on any atom is 0.0642 e. The van der Waals surface area contributed by atoms with Gasteiger partial charge < -0.3 is 10.6 Å². The number of nitrogens with zero attached hydrogens (tertiary/aromatic N) is 1. The summed E-state index contributed by atoms with van der Waals surface area (Å²) in [5, 5.41) is 0.894. The van der Waals surface area contributed by atoms with Gasteiger partial charge in [-0.3, -0.25) is 0 Å². The monoisotopic (exact) mass is 222 g/mol. The fourth-order valence-corrected chi connectivity index (χ4v) is 3.17. The number of hydrogen-bond donors (Lipinski definition) is 1. The highest BCUT2D eigenvalue weighted by Crippen LogP contribution is 2.41. The first kappa shape index (κ1) is 9.49. The minimum Gasteiger partial charge on any atom is -0.367 e. The lowest BCUT2D eigenvalue weighted by Crippen LogP contribution is -2.45. The quantitative estimate of drug-likeness (QED) is 0.729. The van der Waals surface area contributed by atoms with Crippen molar-refractivity contribution in [3.05, 3.63) is 28.8 Å². The zero-order chi connectivity index (χ0) is 10.4. The van der Waals surface area contributed by atoms with Gasteiger partial charge in [-0.15, -0.1) is 0 Å². The van der Waals surface area contributed by atoms with Crippen LogP contribution in [-0.2, 0) is 6.42 Å². The number of fused-ring (bicyclic) bond motifs is 3. The molecule has 15 heavy (non-hydrogen) atoms. The molecule has 0 aliphatic carbocycles. The summed E-state index contributed by atoms with van der Waals surface area (Å²) in [6, 6.07) is 7.17. The van der Waals surface area contributed by atoms with Crippen LogP contribution >= 0.6 is 11.6 Å². The Morgan fingerprint density at radius 3 is 3.13 bits per heavy atom. The second-order valence-electron chi connectivity index (χ2n) is 4.58. The summed E-state index contributed by atoms with van der Waals surface area (Å²) in [4.78, 5) is 2.45. The van der Waals surface area contributed by atoms with Gasteiger partial charge in [0.25, 0.3) is 0 Å². The van der Waals surface area contributed by atoms with Crippen LogP contribution in [0.2, 0.25) is 5.02 Å². The Hall–Kier alpha value is -0.730. The van der Waals surface area contributed by atoms with Crippen molar-refractivity contribution < 1.29 is 0 Å². The largest absolute Gasteiger partial charge is 0.367 e. The molecule has 2 unspecified atom stereocenters. The first-order chi connectivity index (χ1) is 7.25. The van der Waals surface area contributed by atoms with Crippen molar-refractivity contribution in [2.45, 2.75) is 31.3 Å². The Labute approximate surface area is 95.0 Å².